The van der Waals surface area contributed by atoms with Gasteiger partial charge in [0.1, 0.15) is 18.0 Å². The summed E-state index contributed by atoms with van der Waals surface area (Å²) < 4.78 is 38.6. The molecule has 3 aromatic rings. The second-order valence-electron chi connectivity index (χ2n) is 8.55. The summed E-state index contributed by atoms with van der Waals surface area (Å²) in [6.45, 7) is 3.79. The van der Waals surface area contributed by atoms with E-state index in [1.54, 1.807) is 49.6 Å². The quantitative estimate of drug-likeness (QED) is 0.412. The van der Waals surface area contributed by atoms with E-state index in [1.807, 2.05) is 24.3 Å². The van der Waals surface area contributed by atoms with Crippen molar-refractivity contribution in [2.75, 3.05) is 25.1 Å². The number of hydrogen-bond donors (Lipinski definition) is 1. The van der Waals surface area contributed by atoms with Crippen LogP contribution in [-0.4, -0.2) is 35.1 Å². The van der Waals surface area contributed by atoms with E-state index in [2.05, 4.69) is 19.2 Å². The van der Waals surface area contributed by atoms with E-state index in [-0.39, 0.29) is 17.5 Å². The van der Waals surface area contributed by atoms with Crippen molar-refractivity contribution in [1.82, 2.24) is 5.32 Å². The van der Waals surface area contributed by atoms with Gasteiger partial charge in [-0.05, 0) is 66.4 Å². The molecule has 8 heteroatoms. The molecule has 0 heterocycles. The molecule has 0 unspecified atom stereocenters. The Morgan fingerprint density at radius 2 is 1.40 bits per heavy atom. The van der Waals surface area contributed by atoms with Crippen LogP contribution in [0.1, 0.15) is 31.9 Å². The van der Waals surface area contributed by atoms with Crippen molar-refractivity contribution >= 4 is 21.6 Å². The number of nitrogens with one attached hydrogen (secondary N) is 1. The minimum Gasteiger partial charge on any atom is -0.497 e. The summed E-state index contributed by atoms with van der Waals surface area (Å²) in [5.41, 5.74) is 1.33. The number of ether oxygens (including phenoxy) is 2. The zero-order valence-electron chi connectivity index (χ0n) is 20.5. The number of nitrogens with zero attached hydrogens (tertiary/aromatic N) is 1. The molecule has 0 fully saturated rings. The molecule has 0 bridgehead atoms. The Kier molecular flexibility index (Phi) is 8.76. The fourth-order valence-electron chi connectivity index (χ4n) is 3.74. The predicted molar refractivity (Wildman–Crippen MR) is 137 cm³/mol. The molecular weight excluding hydrogens is 464 g/mol. The Balaban J connectivity index is 1.88. The molecule has 1 N–H and O–H groups in total. The van der Waals surface area contributed by atoms with Gasteiger partial charge in [-0.1, -0.05) is 44.2 Å². The van der Waals surface area contributed by atoms with Crippen LogP contribution in [0.4, 0.5) is 5.69 Å². The summed E-state index contributed by atoms with van der Waals surface area (Å²) in [7, 11) is -0.891. The summed E-state index contributed by atoms with van der Waals surface area (Å²) in [6, 6.07) is 22.0. The molecule has 0 radical (unpaired) electrons. The number of para-hydroxylation sites is 1. The number of anilines is 1. The first-order chi connectivity index (χ1) is 16.7. The molecule has 186 valence electrons. The van der Waals surface area contributed by atoms with Gasteiger partial charge in [0.2, 0.25) is 5.91 Å². The second-order valence-corrected chi connectivity index (χ2v) is 10.4. The van der Waals surface area contributed by atoms with Crippen molar-refractivity contribution in [3.63, 3.8) is 0 Å². The standard InChI is InChI=1S/C27H32N2O5S/c1-20(2)18-26(21-10-12-23(33-3)13-11-21)28-27(30)19-29(22-8-6-5-7-9-22)35(31,32)25-16-14-24(34-4)15-17-25/h5-17,20,26H,18-19H2,1-4H3,(H,28,30)/t26-/m1/s1. The minimum absolute atomic E-state index is 0.0730. The van der Waals surface area contributed by atoms with Gasteiger partial charge in [-0.3, -0.25) is 9.10 Å². The monoisotopic (exact) mass is 496 g/mol. The Hall–Kier alpha value is -3.52. The summed E-state index contributed by atoms with van der Waals surface area (Å²) >= 11 is 0. The van der Waals surface area contributed by atoms with E-state index in [9.17, 15) is 13.2 Å². The molecule has 1 amide bonds. The third-order valence-electron chi connectivity index (χ3n) is 5.54. The third kappa shape index (κ3) is 6.76. The van der Waals surface area contributed by atoms with Crippen molar-refractivity contribution in [2.45, 2.75) is 31.2 Å². The Bertz CT molecular complexity index is 1190. The van der Waals surface area contributed by atoms with Crippen LogP contribution < -0.4 is 19.1 Å². The van der Waals surface area contributed by atoms with E-state index < -0.39 is 15.9 Å². The number of sulfonamides is 1. The fourth-order valence-corrected chi connectivity index (χ4v) is 5.16. The van der Waals surface area contributed by atoms with Crippen molar-refractivity contribution in [1.29, 1.82) is 0 Å². The van der Waals surface area contributed by atoms with Crippen LogP contribution in [0.15, 0.2) is 83.8 Å². The lowest BCUT2D eigenvalue weighted by molar-refractivity contribution is -0.120. The lowest BCUT2D eigenvalue weighted by Crippen LogP contribution is -2.42. The Morgan fingerprint density at radius 1 is 0.857 bits per heavy atom. The summed E-state index contributed by atoms with van der Waals surface area (Å²) in [6.07, 6.45) is 0.703. The molecule has 0 aliphatic carbocycles. The number of carbonyl (C=O) groups is 1. The maximum atomic E-state index is 13.6. The van der Waals surface area contributed by atoms with Gasteiger partial charge in [-0.2, -0.15) is 0 Å². The van der Waals surface area contributed by atoms with Gasteiger partial charge in [0.15, 0.2) is 0 Å². The first-order valence-electron chi connectivity index (χ1n) is 11.4. The number of amides is 1. The van der Waals surface area contributed by atoms with Gasteiger partial charge < -0.3 is 14.8 Å². The smallest absolute Gasteiger partial charge is 0.264 e. The van der Waals surface area contributed by atoms with Crippen LogP contribution >= 0.6 is 0 Å². The number of methoxy groups -OCH3 is 2. The molecule has 3 aromatic carbocycles. The highest BCUT2D eigenvalue weighted by Crippen LogP contribution is 2.26. The predicted octanol–water partition coefficient (Wildman–Crippen LogP) is 4.80. The molecule has 0 aliphatic rings. The topological polar surface area (TPSA) is 84.9 Å². The highest BCUT2D eigenvalue weighted by Gasteiger charge is 2.28. The zero-order chi connectivity index (χ0) is 25.4. The highest BCUT2D eigenvalue weighted by atomic mass is 32.2. The largest absolute Gasteiger partial charge is 0.497 e. The Morgan fingerprint density at radius 3 is 1.91 bits per heavy atom. The molecule has 0 aromatic heterocycles. The molecule has 35 heavy (non-hydrogen) atoms. The average Bonchev–Trinajstić information content (AvgIpc) is 2.87. The molecular formula is C27H32N2O5S. The van der Waals surface area contributed by atoms with E-state index in [1.165, 1.54) is 19.2 Å². The van der Waals surface area contributed by atoms with Crippen molar-refractivity contribution < 1.29 is 22.7 Å². The van der Waals surface area contributed by atoms with Gasteiger partial charge >= 0.3 is 0 Å². The van der Waals surface area contributed by atoms with Crippen LogP contribution in [0.5, 0.6) is 11.5 Å². The summed E-state index contributed by atoms with van der Waals surface area (Å²) in [5, 5.41) is 3.04. The minimum atomic E-state index is -4.01. The third-order valence-corrected chi connectivity index (χ3v) is 7.33. The Labute approximate surface area is 207 Å². The number of hydrogen-bond acceptors (Lipinski definition) is 5. The normalized spacial score (nSPS) is 12.1. The van der Waals surface area contributed by atoms with Gasteiger partial charge in [-0.15, -0.1) is 0 Å². The molecule has 0 spiro atoms. The first kappa shape index (κ1) is 26.1. The zero-order valence-corrected chi connectivity index (χ0v) is 21.3. The van der Waals surface area contributed by atoms with Crippen LogP contribution in [-0.2, 0) is 14.8 Å². The second kappa shape index (κ2) is 11.8. The van der Waals surface area contributed by atoms with Crippen molar-refractivity contribution in [3.8, 4) is 11.5 Å². The van der Waals surface area contributed by atoms with Crippen molar-refractivity contribution in [3.05, 3.63) is 84.4 Å². The van der Waals surface area contributed by atoms with Gasteiger partial charge in [0, 0.05) is 0 Å². The molecule has 7 nitrogen and oxygen atoms in total. The average molecular weight is 497 g/mol. The van der Waals surface area contributed by atoms with E-state index >= 15 is 0 Å². The van der Waals surface area contributed by atoms with Gasteiger partial charge in [0.05, 0.1) is 30.8 Å². The van der Waals surface area contributed by atoms with E-state index in [4.69, 9.17) is 9.47 Å². The van der Waals surface area contributed by atoms with Crippen LogP contribution in [0, 0.1) is 5.92 Å². The molecule has 1 atom stereocenters. The van der Waals surface area contributed by atoms with Crippen LogP contribution in [0.25, 0.3) is 0 Å². The SMILES string of the molecule is COc1ccc([C@@H](CC(C)C)NC(=O)CN(c2ccccc2)S(=O)(=O)c2ccc(OC)cc2)cc1. The van der Waals surface area contributed by atoms with Crippen LogP contribution in [0.3, 0.4) is 0 Å². The summed E-state index contributed by atoms with van der Waals surface area (Å²) in [5.74, 6) is 1.19. The number of carbonyl (C=O) groups excluding carboxylic acids is 1. The van der Waals surface area contributed by atoms with E-state index in [0.29, 0.717) is 23.8 Å². The number of benzene rings is 3. The fraction of sp³-hybridized carbons (Fsp3) is 0.296. The van der Waals surface area contributed by atoms with E-state index in [0.717, 1.165) is 15.6 Å². The lowest BCUT2D eigenvalue weighted by atomic mass is 9.97. The molecule has 0 saturated carbocycles. The molecule has 3 rings (SSSR count). The molecule has 0 aliphatic heterocycles. The number of rotatable bonds is 11. The maximum Gasteiger partial charge on any atom is 0.264 e. The van der Waals surface area contributed by atoms with Crippen LogP contribution in [0.2, 0.25) is 0 Å². The van der Waals surface area contributed by atoms with Gasteiger partial charge in [-0.25, -0.2) is 8.42 Å². The molecule has 0 saturated heterocycles. The summed E-state index contributed by atoms with van der Waals surface area (Å²) in [4.78, 5) is 13.3. The van der Waals surface area contributed by atoms with Crippen molar-refractivity contribution in [2.24, 2.45) is 5.92 Å². The first-order valence-corrected chi connectivity index (χ1v) is 12.8. The maximum absolute atomic E-state index is 13.6. The highest BCUT2D eigenvalue weighted by molar-refractivity contribution is 7.92. The lowest BCUT2D eigenvalue weighted by Gasteiger charge is -2.26. The van der Waals surface area contributed by atoms with Gasteiger partial charge in [0.25, 0.3) is 10.0 Å².